The summed E-state index contributed by atoms with van der Waals surface area (Å²) in [5.74, 6) is 1.99. The fourth-order valence-electron chi connectivity index (χ4n) is 3.92. The van der Waals surface area contributed by atoms with Gasteiger partial charge in [-0.25, -0.2) is 4.98 Å². The molecule has 1 aromatic heterocycles. The summed E-state index contributed by atoms with van der Waals surface area (Å²) < 4.78 is 7.36. The highest BCUT2D eigenvalue weighted by Crippen LogP contribution is 2.26. The number of fused-ring (bicyclic) bond motifs is 1. The molecule has 1 aliphatic heterocycles. The average molecular weight is 399 g/mol. The van der Waals surface area contributed by atoms with E-state index in [9.17, 15) is 9.59 Å². The maximum Gasteiger partial charge on any atom is 0.225 e. The second kappa shape index (κ2) is 8.68. The molecule has 29 heavy (non-hydrogen) atoms. The molecule has 0 saturated carbocycles. The highest BCUT2D eigenvalue weighted by Gasteiger charge is 2.28. The second-order valence-corrected chi connectivity index (χ2v) is 7.87. The van der Waals surface area contributed by atoms with E-state index in [0.717, 1.165) is 29.3 Å². The number of benzene rings is 1. The minimum absolute atomic E-state index is 0.0157. The first-order valence-electron chi connectivity index (χ1n) is 10.0. The van der Waals surface area contributed by atoms with Gasteiger partial charge in [-0.05, 0) is 17.7 Å². The summed E-state index contributed by atoms with van der Waals surface area (Å²) in [6, 6.07) is 7.07. The molecule has 7 heteroatoms. The van der Waals surface area contributed by atoms with Gasteiger partial charge in [0.25, 0.3) is 0 Å². The number of hydrogen-bond donors (Lipinski definition) is 1. The Morgan fingerprint density at radius 2 is 1.93 bits per heavy atom. The number of imidazole rings is 1. The van der Waals surface area contributed by atoms with Crippen LogP contribution in [0.2, 0.25) is 0 Å². The van der Waals surface area contributed by atoms with Gasteiger partial charge in [0.1, 0.15) is 11.6 Å². The molecule has 1 aliphatic rings. The van der Waals surface area contributed by atoms with Crippen LogP contribution in [0.4, 0.5) is 0 Å². The number of amides is 2. The predicted octanol–water partition coefficient (Wildman–Crippen LogP) is 2.70. The molecule has 1 aromatic carbocycles. The summed E-state index contributed by atoms with van der Waals surface area (Å²) in [7, 11) is 3.66. The number of rotatable bonds is 6. The third-order valence-corrected chi connectivity index (χ3v) is 5.43. The molecular formula is C22H30N4O3. The molecule has 2 aromatic rings. The van der Waals surface area contributed by atoms with Crippen LogP contribution in [0.3, 0.4) is 0 Å². The fraction of sp³-hybridized carbons (Fsp3) is 0.500. The quantitative estimate of drug-likeness (QED) is 0.812. The van der Waals surface area contributed by atoms with E-state index in [1.807, 2.05) is 29.2 Å². The average Bonchev–Trinajstić information content (AvgIpc) is 3.03. The lowest BCUT2D eigenvalue weighted by Gasteiger charge is -2.29. The van der Waals surface area contributed by atoms with Gasteiger partial charge in [-0.15, -0.1) is 0 Å². The molecule has 0 aliphatic carbocycles. The van der Waals surface area contributed by atoms with Gasteiger partial charge in [0.15, 0.2) is 0 Å². The van der Waals surface area contributed by atoms with Crippen LogP contribution >= 0.6 is 0 Å². The van der Waals surface area contributed by atoms with Crippen molar-refractivity contribution in [2.75, 3.05) is 13.7 Å². The van der Waals surface area contributed by atoms with Crippen LogP contribution in [0.1, 0.15) is 61.9 Å². The molecule has 1 unspecified atom stereocenters. The number of ether oxygens (including phenoxy) is 1. The number of nitrogens with zero attached hydrogens (tertiary/aromatic N) is 3. The van der Waals surface area contributed by atoms with Crippen molar-refractivity contribution in [3.05, 3.63) is 47.0 Å². The molecule has 0 spiro atoms. The maximum atomic E-state index is 13.0. The molecule has 0 fully saturated rings. The number of methoxy groups -OCH3 is 1. The van der Waals surface area contributed by atoms with Crippen molar-refractivity contribution >= 4 is 11.8 Å². The first-order valence-corrected chi connectivity index (χ1v) is 10.0. The van der Waals surface area contributed by atoms with Crippen LogP contribution < -0.4 is 10.1 Å². The molecule has 156 valence electrons. The Bertz CT molecular complexity index is 886. The summed E-state index contributed by atoms with van der Waals surface area (Å²) in [4.78, 5) is 31.4. The zero-order valence-corrected chi connectivity index (χ0v) is 17.9. The summed E-state index contributed by atoms with van der Waals surface area (Å²) in [5, 5.41) is 2.90. The van der Waals surface area contributed by atoms with Crippen molar-refractivity contribution in [1.29, 1.82) is 0 Å². The van der Waals surface area contributed by atoms with Gasteiger partial charge in [0, 0.05) is 38.5 Å². The molecule has 1 atom stereocenters. The van der Waals surface area contributed by atoms with Crippen molar-refractivity contribution in [1.82, 2.24) is 19.8 Å². The van der Waals surface area contributed by atoms with Crippen LogP contribution in [-0.4, -0.2) is 39.9 Å². The third-order valence-electron chi connectivity index (χ3n) is 5.43. The van der Waals surface area contributed by atoms with Gasteiger partial charge < -0.3 is 19.5 Å². The van der Waals surface area contributed by atoms with Gasteiger partial charge >= 0.3 is 0 Å². The SMILES string of the molecule is COc1ccc(C(CC(=O)N2CCc3c(nc(C(C)C)n3C)C2)NC(C)=O)cc1. The summed E-state index contributed by atoms with van der Waals surface area (Å²) in [5.41, 5.74) is 3.08. The molecular weight excluding hydrogens is 368 g/mol. The number of nitrogens with one attached hydrogen (secondary N) is 1. The highest BCUT2D eigenvalue weighted by atomic mass is 16.5. The van der Waals surface area contributed by atoms with Gasteiger partial charge in [0.2, 0.25) is 11.8 Å². The second-order valence-electron chi connectivity index (χ2n) is 7.87. The summed E-state index contributed by atoms with van der Waals surface area (Å²) in [6.07, 6.45) is 1.01. The first kappa shape index (κ1) is 20.9. The largest absolute Gasteiger partial charge is 0.497 e. The minimum Gasteiger partial charge on any atom is -0.497 e. The van der Waals surface area contributed by atoms with Gasteiger partial charge in [-0.1, -0.05) is 26.0 Å². The smallest absolute Gasteiger partial charge is 0.225 e. The summed E-state index contributed by atoms with van der Waals surface area (Å²) in [6.45, 7) is 6.91. The van der Waals surface area contributed by atoms with Crippen molar-refractivity contribution < 1.29 is 14.3 Å². The Morgan fingerprint density at radius 3 is 2.52 bits per heavy atom. The zero-order valence-electron chi connectivity index (χ0n) is 17.9. The maximum absolute atomic E-state index is 13.0. The van der Waals surface area contributed by atoms with Crippen molar-refractivity contribution in [3.8, 4) is 5.75 Å². The molecule has 0 bridgehead atoms. The van der Waals surface area contributed by atoms with E-state index in [-0.39, 0.29) is 24.3 Å². The number of hydrogen-bond acceptors (Lipinski definition) is 4. The Balaban J connectivity index is 1.74. The van der Waals surface area contributed by atoms with E-state index in [2.05, 4.69) is 30.8 Å². The van der Waals surface area contributed by atoms with Gasteiger partial charge in [0.05, 0.1) is 31.8 Å². The summed E-state index contributed by atoms with van der Waals surface area (Å²) >= 11 is 0. The fourth-order valence-corrected chi connectivity index (χ4v) is 3.92. The minimum atomic E-state index is -0.373. The van der Waals surface area contributed by atoms with Crippen LogP contribution in [-0.2, 0) is 29.6 Å². The molecule has 2 heterocycles. The molecule has 0 radical (unpaired) electrons. The van der Waals surface area contributed by atoms with Gasteiger partial charge in [-0.3, -0.25) is 9.59 Å². The van der Waals surface area contributed by atoms with Crippen LogP contribution in [0.15, 0.2) is 24.3 Å². The number of carbonyl (C=O) groups excluding carboxylic acids is 2. The standard InChI is InChI=1S/C22H30N4O3/c1-14(2)22-24-19-13-26(11-10-20(19)25(22)4)21(28)12-18(23-15(3)27)16-6-8-17(29-5)9-7-16/h6-9,14,18H,10-13H2,1-5H3,(H,23,27). The molecule has 0 saturated heterocycles. The van der Waals surface area contributed by atoms with Crippen molar-refractivity contribution in [2.45, 2.75) is 52.1 Å². The van der Waals surface area contributed by atoms with E-state index < -0.39 is 0 Å². The van der Waals surface area contributed by atoms with Crippen LogP contribution in [0, 0.1) is 0 Å². The Hall–Kier alpha value is -2.83. The van der Waals surface area contributed by atoms with E-state index >= 15 is 0 Å². The molecule has 1 N–H and O–H groups in total. The Kier molecular flexibility index (Phi) is 6.25. The lowest BCUT2D eigenvalue weighted by molar-refractivity contribution is -0.133. The van der Waals surface area contributed by atoms with E-state index in [4.69, 9.17) is 9.72 Å². The third kappa shape index (κ3) is 4.60. The lowest BCUT2D eigenvalue weighted by Crippen LogP contribution is -2.39. The van der Waals surface area contributed by atoms with Crippen molar-refractivity contribution in [3.63, 3.8) is 0 Å². The Morgan fingerprint density at radius 1 is 1.24 bits per heavy atom. The Labute approximate surface area is 172 Å². The first-order chi connectivity index (χ1) is 13.8. The predicted molar refractivity (Wildman–Crippen MR) is 111 cm³/mol. The molecule has 7 nitrogen and oxygen atoms in total. The number of aromatic nitrogens is 2. The van der Waals surface area contributed by atoms with Crippen LogP contribution in [0.5, 0.6) is 5.75 Å². The van der Waals surface area contributed by atoms with Crippen LogP contribution in [0.25, 0.3) is 0 Å². The molecule has 2 amide bonds. The monoisotopic (exact) mass is 398 g/mol. The topological polar surface area (TPSA) is 76.5 Å². The highest BCUT2D eigenvalue weighted by molar-refractivity contribution is 5.79. The normalized spacial score (nSPS) is 14.5. The molecule has 3 rings (SSSR count). The van der Waals surface area contributed by atoms with Crippen molar-refractivity contribution in [2.24, 2.45) is 7.05 Å². The lowest BCUT2D eigenvalue weighted by atomic mass is 10.0. The van der Waals surface area contributed by atoms with Gasteiger partial charge in [-0.2, -0.15) is 0 Å². The van der Waals surface area contributed by atoms with E-state index in [0.29, 0.717) is 19.0 Å². The zero-order chi connectivity index (χ0) is 21.1. The number of carbonyl (C=O) groups is 2. The van der Waals surface area contributed by atoms with E-state index in [1.165, 1.54) is 12.6 Å². The van der Waals surface area contributed by atoms with E-state index in [1.54, 1.807) is 7.11 Å².